The minimum absolute atomic E-state index is 0. The summed E-state index contributed by atoms with van der Waals surface area (Å²) in [6.07, 6.45) is 1.91. The second-order valence-electron chi connectivity index (χ2n) is 6.11. The van der Waals surface area contributed by atoms with Crippen LogP contribution in [0.2, 0.25) is 0 Å². The number of nitrogens with zero attached hydrogens (tertiary/aromatic N) is 4. The Morgan fingerprint density at radius 3 is 2.59 bits per heavy atom. The van der Waals surface area contributed by atoms with E-state index in [1.165, 1.54) is 7.05 Å². The van der Waals surface area contributed by atoms with Gasteiger partial charge in [0.2, 0.25) is 10.0 Å². The van der Waals surface area contributed by atoms with Gasteiger partial charge in [-0.1, -0.05) is 30.3 Å². The molecule has 29 heavy (non-hydrogen) atoms. The number of rotatable bonds is 7. The van der Waals surface area contributed by atoms with E-state index in [0.29, 0.717) is 19.0 Å². The zero-order valence-electron chi connectivity index (χ0n) is 16.2. The molecule has 0 bridgehead atoms. The van der Waals surface area contributed by atoms with E-state index in [-0.39, 0.29) is 29.7 Å². The van der Waals surface area contributed by atoms with Crippen molar-refractivity contribution in [2.24, 2.45) is 4.99 Å². The molecule has 0 aliphatic carbocycles. The zero-order chi connectivity index (χ0) is 20.0. The van der Waals surface area contributed by atoms with E-state index in [2.05, 4.69) is 30.5 Å². The number of hydrogen-bond acceptors (Lipinski definition) is 5. The molecule has 0 aliphatic heterocycles. The minimum Gasteiger partial charge on any atom is -0.352 e. The lowest BCUT2D eigenvalue weighted by atomic mass is 10.1. The lowest BCUT2D eigenvalue weighted by molar-refractivity contribution is 0.587. The van der Waals surface area contributed by atoms with Crippen molar-refractivity contribution in [3.05, 3.63) is 65.6 Å². The molecule has 2 heterocycles. The molecule has 11 heteroatoms. The van der Waals surface area contributed by atoms with Gasteiger partial charge in [-0.05, 0) is 30.3 Å². The van der Waals surface area contributed by atoms with Crippen molar-refractivity contribution in [1.29, 1.82) is 0 Å². The van der Waals surface area contributed by atoms with Crippen LogP contribution in [0.4, 0.5) is 0 Å². The second kappa shape index (κ2) is 10.5. The van der Waals surface area contributed by atoms with Crippen molar-refractivity contribution in [1.82, 2.24) is 30.0 Å². The van der Waals surface area contributed by atoms with Crippen LogP contribution in [0.3, 0.4) is 0 Å². The molecule has 0 aliphatic rings. The maximum absolute atomic E-state index is 11.7. The fraction of sp³-hybridized carbons (Fsp3) is 0.278. The molecule has 0 saturated carbocycles. The Morgan fingerprint density at radius 1 is 1.07 bits per heavy atom. The van der Waals surface area contributed by atoms with Gasteiger partial charge in [0, 0.05) is 19.8 Å². The molecule has 0 amide bonds. The van der Waals surface area contributed by atoms with Crippen LogP contribution >= 0.6 is 24.0 Å². The maximum atomic E-state index is 11.7. The Kier molecular flexibility index (Phi) is 8.34. The summed E-state index contributed by atoms with van der Waals surface area (Å²) in [5.41, 5.74) is 2.47. The molecule has 156 valence electrons. The van der Waals surface area contributed by atoms with E-state index in [9.17, 15) is 8.42 Å². The van der Waals surface area contributed by atoms with Gasteiger partial charge < -0.3 is 10.6 Å². The molecule has 9 nitrogen and oxygen atoms in total. The van der Waals surface area contributed by atoms with Crippen molar-refractivity contribution < 1.29 is 8.42 Å². The smallest absolute Gasteiger partial charge is 0.215 e. The molecule has 3 N–H and O–H groups in total. The normalized spacial score (nSPS) is 11.9. The minimum atomic E-state index is -3.30. The van der Waals surface area contributed by atoms with Crippen LogP contribution in [0.5, 0.6) is 0 Å². The highest BCUT2D eigenvalue weighted by atomic mass is 127. The van der Waals surface area contributed by atoms with Gasteiger partial charge in [-0.25, -0.2) is 13.1 Å². The Labute approximate surface area is 187 Å². The van der Waals surface area contributed by atoms with Crippen molar-refractivity contribution in [3.63, 3.8) is 0 Å². The zero-order valence-corrected chi connectivity index (χ0v) is 19.3. The first-order valence-electron chi connectivity index (χ1n) is 8.73. The molecule has 0 atom stereocenters. The number of fused-ring (bicyclic) bond motifs is 1. The molecule has 0 saturated heterocycles. The van der Waals surface area contributed by atoms with E-state index in [0.717, 1.165) is 22.6 Å². The number of guanidine groups is 1. The largest absolute Gasteiger partial charge is 0.352 e. The topological polar surface area (TPSA) is 113 Å². The lowest BCUT2D eigenvalue weighted by Crippen LogP contribution is -2.36. The quantitative estimate of drug-likeness (QED) is 0.242. The molecular weight excluding hydrogens is 505 g/mol. The SMILES string of the molecule is CN=C(NCc1cccc(CS(=O)(=O)NC)c1)NCc1nnc2ccccn12.I. The average molecular weight is 529 g/mol. The van der Waals surface area contributed by atoms with Crippen LogP contribution < -0.4 is 15.4 Å². The molecule has 3 aromatic rings. The van der Waals surface area contributed by atoms with Crippen molar-refractivity contribution in [2.75, 3.05) is 14.1 Å². The van der Waals surface area contributed by atoms with E-state index in [4.69, 9.17) is 0 Å². The van der Waals surface area contributed by atoms with E-state index in [1.54, 1.807) is 13.1 Å². The standard InChI is InChI=1S/C18H23N7O2S.HI/c1-19-18(22-12-17-24-23-16-8-3-4-9-25(16)17)21-11-14-6-5-7-15(10-14)13-28(26,27)20-2;/h3-10,20H,11-13H2,1-2H3,(H2,19,21,22);1H. The lowest BCUT2D eigenvalue weighted by Gasteiger charge is -2.12. The van der Waals surface area contributed by atoms with Gasteiger partial charge in [0.15, 0.2) is 17.4 Å². The Balaban J connectivity index is 0.00000300. The number of aliphatic imine (C=N–C) groups is 1. The van der Waals surface area contributed by atoms with E-state index in [1.807, 2.05) is 47.0 Å². The van der Waals surface area contributed by atoms with Crippen LogP contribution in [0.25, 0.3) is 5.65 Å². The third kappa shape index (κ3) is 6.37. The second-order valence-corrected chi connectivity index (χ2v) is 8.03. The van der Waals surface area contributed by atoms with Gasteiger partial charge in [-0.15, -0.1) is 34.2 Å². The first-order chi connectivity index (χ1) is 13.5. The first-order valence-corrected chi connectivity index (χ1v) is 10.4. The van der Waals surface area contributed by atoms with Crippen molar-refractivity contribution in [3.8, 4) is 0 Å². The molecule has 0 fully saturated rings. The Hall–Kier alpha value is -2.25. The molecule has 3 rings (SSSR count). The van der Waals surface area contributed by atoms with Crippen LogP contribution in [-0.2, 0) is 28.9 Å². The molecule has 1 aromatic carbocycles. The highest BCUT2D eigenvalue weighted by molar-refractivity contribution is 14.0. The van der Waals surface area contributed by atoms with Gasteiger partial charge in [-0.2, -0.15) is 0 Å². The molecule has 2 aromatic heterocycles. The number of pyridine rings is 1. The summed E-state index contributed by atoms with van der Waals surface area (Å²) in [6.45, 7) is 0.971. The number of benzene rings is 1. The summed E-state index contributed by atoms with van der Waals surface area (Å²) in [5, 5.41) is 14.7. The molecule has 0 unspecified atom stereocenters. The predicted octanol–water partition coefficient (Wildman–Crippen LogP) is 1.26. The van der Waals surface area contributed by atoms with Gasteiger partial charge in [0.05, 0.1) is 12.3 Å². The van der Waals surface area contributed by atoms with Crippen LogP contribution in [-0.4, -0.2) is 43.1 Å². The van der Waals surface area contributed by atoms with Crippen molar-refractivity contribution in [2.45, 2.75) is 18.8 Å². The van der Waals surface area contributed by atoms with Crippen LogP contribution in [0, 0.1) is 0 Å². The third-order valence-electron chi connectivity index (χ3n) is 4.14. The molecular formula is C18H24IN7O2S. The van der Waals surface area contributed by atoms with Crippen LogP contribution in [0.1, 0.15) is 17.0 Å². The van der Waals surface area contributed by atoms with E-state index < -0.39 is 10.0 Å². The highest BCUT2D eigenvalue weighted by Crippen LogP contribution is 2.08. The number of aromatic nitrogens is 3. The first kappa shape index (κ1) is 23.0. The fourth-order valence-electron chi connectivity index (χ4n) is 2.70. The number of hydrogen-bond donors (Lipinski definition) is 3. The maximum Gasteiger partial charge on any atom is 0.215 e. The fourth-order valence-corrected chi connectivity index (χ4v) is 3.46. The summed E-state index contributed by atoms with van der Waals surface area (Å²) >= 11 is 0. The Bertz CT molecular complexity index is 1080. The monoisotopic (exact) mass is 529 g/mol. The van der Waals surface area contributed by atoms with Crippen LogP contribution in [0.15, 0.2) is 53.7 Å². The Morgan fingerprint density at radius 2 is 1.83 bits per heavy atom. The highest BCUT2D eigenvalue weighted by Gasteiger charge is 2.09. The summed E-state index contributed by atoms with van der Waals surface area (Å²) in [6, 6.07) is 13.2. The molecule has 0 spiro atoms. The predicted molar refractivity (Wildman–Crippen MR) is 124 cm³/mol. The molecule has 0 radical (unpaired) electrons. The van der Waals surface area contributed by atoms with Gasteiger partial charge in [0.1, 0.15) is 0 Å². The van der Waals surface area contributed by atoms with Gasteiger partial charge in [0.25, 0.3) is 0 Å². The summed E-state index contributed by atoms with van der Waals surface area (Å²) in [7, 11) is -0.199. The van der Waals surface area contributed by atoms with Crippen molar-refractivity contribution >= 4 is 45.6 Å². The third-order valence-corrected chi connectivity index (χ3v) is 5.48. The summed E-state index contributed by atoms with van der Waals surface area (Å²) < 4.78 is 27.7. The summed E-state index contributed by atoms with van der Waals surface area (Å²) in [5.74, 6) is 1.34. The average Bonchev–Trinajstić information content (AvgIpc) is 3.11. The van der Waals surface area contributed by atoms with Gasteiger partial charge >= 0.3 is 0 Å². The van der Waals surface area contributed by atoms with E-state index >= 15 is 0 Å². The summed E-state index contributed by atoms with van der Waals surface area (Å²) in [4.78, 5) is 4.21. The number of sulfonamides is 1. The van der Waals surface area contributed by atoms with Gasteiger partial charge in [-0.3, -0.25) is 9.39 Å². The number of halogens is 1. The number of nitrogens with one attached hydrogen (secondary N) is 3.